The molecule has 102 valence electrons. The molecule has 1 aromatic carbocycles. The molecular weight excluding hydrogens is 276 g/mol. The summed E-state index contributed by atoms with van der Waals surface area (Å²) in [6, 6.07) is 2.12. The van der Waals surface area contributed by atoms with E-state index in [0.717, 1.165) is 17.7 Å². The van der Waals surface area contributed by atoms with Crippen LogP contribution in [0.25, 0.3) is 6.08 Å². The Kier molecular flexibility index (Phi) is 4.04. The van der Waals surface area contributed by atoms with Crippen molar-refractivity contribution in [1.82, 2.24) is 4.90 Å². The molecule has 1 aliphatic heterocycles. The van der Waals surface area contributed by atoms with E-state index in [4.69, 9.17) is 16.7 Å². The average molecular weight is 288 g/mol. The molecule has 0 aliphatic carbocycles. The third-order valence-corrected chi connectivity index (χ3v) is 3.29. The van der Waals surface area contributed by atoms with Gasteiger partial charge in [-0.1, -0.05) is 17.2 Å². The number of rotatable bonds is 1. The van der Waals surface area contributed by atoms with Gasteiger partial charge in [-0.15, -0.1) is 0 Å². The lowest BCUT2D eigenvalue weighted by Crippen LogP contribution is -2.35. The van der Waals surface area contributed by atoms with Crippen molar-refractivity contribution in [2.75, 3.05) is 13.1 Å². The second-order valence-electron chi connectivity index (χ2n) is 4.36. The molecule has 1 amide bonds. The smallest absolute Gasteiger partial charge is 0.407 e. The zero-order valence-corrected chi connectivity index (χ0v) is 10.8. The van der Waals surface area contributed by atoms with E-state index in [1.807, 2.05) is 0 Å². The van der Waals surface area contributed by atoms with Crippen LogP contribution >= 0.6 is 11.6 Å². The first-order chi connectivity index (χ1) is 8.97. The fraction of sp³-hybridized carbons (Fsp3) is 0.308. The number of hydrogen-bond acceptors (Lipinski definition) is 1. The fourth-order valence-electron chi connectivity index (χ4n) is 2.02. The van der Waals surface area contributed by atoms with Crippen molar-refractivity contribution >= 4 is 23.8 Å². The highest BCUT2D eigenvalue weighted by molar-refractivity contribution is 6.30. The van der Waals surface area contributed by atoms with Crippen LogP contribution in [0.3, 0.4) is 0 Å². The second kappa shape index (κ2) is 5.57. The topological polar surface area (TPSA) is 40.5 Å². The van der Waals surface area contributed by atoms with Crippen molar-refractivity contribution < 1.29 is 18.7 Å². The van der Waals surface area contributed by atoms with E-state index in [0.29, 0.717) is 25.9 Å². The van der Waals surface area contributed by atoms with Crippen LogP contribution in [0.1, 0.15) is 18.4 Å². The van der Waals surface area contributed by atoms with E-state index in [-0.39, 0.29) is 10.6 Å². The van der Waals surface area contributed by atoms with Crippen LogP contribution in [0.5, 0.6) is 0 Å². The van der Waals surface area contributed by atoms with Crippen molar-refractivity contribution in [2.24, 2.45) is 0 Å². The quantitative estimate of drug-likeness (QED) is 0.854. The first kappa shape index (κ1) is 13.8. The van der Waals surface area contributed by atoms with Gasteiger partial charge in [0.25, 0.3) is 0 Å². The summed E-state index contributed by atoms with van der Waals surface area (Å²) in [5.41, 5.74) is 0.709. The minimum atomic E-state index is -0.970. The minimum Gasteiger partial charge on any atom is -0.465 e. The molecule has 0 unspecified atom stereocenters. The van der Waals surface area contributed by atoms with E-state index >= 15 is 0 Å². The summed E-state index contributed by atoms with van der Waals surface area (Å²) < 4.78 is 27.2. The predicted molar refractivity (Wildman–Crippen MR) is 68.2 cm³/mol. The van der Waals surface area contributed by atoms with Gasteiger partial charge in [-0.25, -0.2) is 13.6 Å². The summed E-state index contributed by atoms with van der Waals surface area (Å²) in [6.07, 6.45) is 1.44. The molecule has 0 bridgehead atoms. The molecule has 1 heterocycles. The van der Waals surface area contributed by atoms with Crippen molar-refractivity contribution in [3.63, 3.8) is 0 Å². The molecule has 6 heteroatoms. The van der Waals surface area contributed by atoms with Crippen LogP contribution in [0.2, 0.25) is 5.02 Å². The summed E-state index contributed by atoms with van der Waals surface area (Å²) in [6.45, 7) is 0.690. The number of hydrogen-bond donors (Lipinski definition) is 1. The van der Waals surface area contributed by atoms with Crippen molar-refractivity contribution in [3.8, 4) is 0 Å². The van der Waals surface area contributed by atoms with Crippen LogP contribution in [0, 0.1) is 11.6 Å². The van der Waals surface area contributed by atoms with Gasteiger partial charge >= 0.3 is 6.09 Å². The summed E-state index contributed by atoms with van der Waals surface area (Å²) in [5.74, 6) is -1.42. The average Bonchev–Trinajstić information content (AvgIpc) is 2.34. The maximum absolute atomic E-state index is 13.6. The van der Waals surface area contributed by atoms with Gasteiger partial charge in [0.1, 0.15) is 11.6 Å². The summed E-state index contributed by atoms with van der Waals surface area (Å²) >= 11 is 5.55. The zero-order chi connectivity index (χ0) is 14.0. The van der Waals surface area contributed by atoms with Crippen LogP contribution in [-0.2, 0) is 0 Å². The van der Waals surface area contributed by atoms with Crippen LogP contribution in [0.4, 0.5) is 13.6 Å². The van der Waals surface area contributed by atoms with Crippen LogP contribution in [-0.4, -0.2) is 29.2 Å². The van der Waals surface area contributed by atoms with Gasteiger partial charge in [0, 0.05) is 23.7 Å². The number of amides is 1. The lowest BCUT2D eigenvalue weighted by molar-refractivity contribution is 0.142. The van der Waals surface area contributed by atoms with E-state index in [1.165, 1.54) is 11.0 Å². The number of nitrogens with zero attached hydrogens (tertiary/aromatic N) is 1. The Morgan fingerprint density at radius 2 is 1.79 bits per heavy atom. The van der Waals surface area contributed by atoms with E-state index in [1.54, 1.807) is 0 Å². The largest absolute Gasteiger partial charge is 0.465 e. The van der Waals surface area contributed by atoms with Gasteiger partial charge in [-0.2, -0.15) is 0 Å². The Balaban J connectivity index is 2.18. The molecule has 1 saturated heterocycles. The van der Waals surface area contributed by atoms with Gasteiger partial charge in [-0.05, 0) is 31.1 Å². The van der Waals surface area contributed by atoms with Gasteiger partial charge in [0.05, 0.1) is 0 Å². The highest BCUT2D eigenvalue weighted by atomic mass is 35.5. The van der Waals surface area contributed by atoms with E-state index in [2.05, 4.69) is 0 Å². The number of likely N-dealkylation sites (tertiary alicyclic amines) is 1. The molecule has 0 radical (unpaired) electrons. The molecule has 1 N–H and O–H groups in total. The zero-order valence-electron chi connectivity index (χ0n) is 10.00. The maximum atomic E-state index is 13.6. The summed E-state index contributed by atoms with van der Waals surface area (Å²) in [7, 11) is 0. The summed E-state index contributed by atoms with van der Waals surface area (Å²) in [4.78, 5) is 12.0. The Morgan fingerprint density at radius 1 is 1.26 bits per heavy atom. The van der Waals surface area contributed by atoms with Gasteiger partial charge in [0.2, 0.25) is 0 Å². The number of carbonyl (C=O) groups is 1. The van der Waals surface area contributed by atoms with Crippen LogP contribution in [0.15, 0.2) is 17.7 Å². The molecule has 0 atom stereocenters. The summed E-state index contributed by atoms with van der Waals surface area (Å²) in [5, 5.41) is 8.82. The molecule has 3 nitrogen and oxygen atoms in total. The molecule has 0 saturated carbocycles. The monoisotopic (exact) mass is 287 g/mol. The second-order valence-corrected chi connectivity index (χ2v) is 4.79. The number of carboxylic acid groups (broad SMARTS) is 1. The molecule has 1 aromatic rings. The Hall–Kier alpha value is -1.62. The minimum absolute atomic E-state index is 0.0119. The predicted octanol–water partition coefficient (Wildman–Crippen LogP) is 3.78. The van der Waals surface area contributed by atoms with Crippen molar-refractivity contribution in [3.05, 3.63) is 39.9 Å². The molecule has 0 aromatic heterocycles. The van der Waals surface area contributed by atoms with Crippen LogP contribution < -0.4 is 0 Å². The lowest BCUT2D eigenvalue weighted by Gasteiger charge is -2.25. The first-order valence-corrected chi connectivity index (χ1v) is 6.17. The molecule has 19 heavy (non-hydrogen) atoms. The number of piperidine rings is 1. The Bertz CT molecular complexity index is 512. The van der Waals surface area contributed by atoms with Gasteiger partial charge < -0.3 is 10.0 Å². The SMILES string of the molecule is O=C(O)N1CCC(=Cc2c(F)cc(Cl)cc2F)CC1. The maximum Gasteiger partial charge on any atom is 0.407 e. The molecular formula is C13H12ClF2NO2. The molecule has 2 rings (SSSR count). The normalized spacial score (nSPS) is 15.5. The fourth-order valence-corrected chi connectivity index (χ4v) is 2.22. The van der Waals surface area contributed by atoms with Crippen molar-refractivity contribution in [2.45, 2.75) is 12.8 Å². The molecule has 1 fully saturated rings. The standard InChI is InChI=1S/C13H12ClF2NO2/c14-9-6-11(15)10(12(16)7-9)5-8-1-3-17(4-2-8)13(18)19/h5-7H,1-4H2,(H,18,19). The van der Waals surface area contributed by atoms with E-state index in [9.17, 15) is 13.6 Å². The lowest BCUT2D eigenvalue weighted by atomic mass is 10.0. The first-order valence-electron chi connectivity index (χ1n) is 5.79. The number of halogens is 3. The number of benzene rings is 1. The molecule has 0 spiro atoms. The van der Waals surface area contributed by atoms with Gasteiger partial charge in [0.15, 0.2) is 0 Å². The third kappa shape index (κ3) is 3.23. The Labute approximate surface area is 114 Å². The highest BCUT2D eigenvalue weighted by Crippen LogP contribution is 2.25. The highest BCUT2D eigenvalue weighted by Gasteiger charge is 2.18. The Morgan fingerprint density at radius 3 is 2.26 bits per heavy atom. The van der Waals surface area contributed by atoms with Crippen molar-refractivity contribution in [1.29, 1.82) is 0 Å². The van der Waals surface area contributed by atoms with Gasteiger partial charge in [-0.3, -0.25) is 0 Å². The third-order valence-electron chi connectivity index (χ3n) is 3.07. The molecule has 1 aliphatic rings. The van der Waals surface area contributed by atoms with E-state index < -0.39 is 17.7 Å².